The number of aromatic nitrogens is 2. The highest BCUT2D eigenvalue weighted by Gasteiger charge is 2.36. The van der Waals surface area contributed by atoms with Crippen LogP contribution in [0, 0.1) is 0 Å². The van der Waals surface area contributed by atoms with E-state index >= 15 is 0 Å². The van der Waals surface area contributed by atoms with Gasteiger partial charge in [0.15, 0.2) is 0 Å². The van der Waals surface area contributed by atoms with Crippen LogP contribution in [0.2, 0.25) is 5.02 Å². The molecular formula is C32H36ClN5O5S. The second-order valence-electron chi connectivity index (χ2n) is 11.4. The van der Waals surface area contributed by atoms with Crippen LogP contribution in [0.25, 0.3) is 11.0 Å². The number of halogens is 1. The first-order valence-electron chi connectivity index (χ1n) is 14.8. The summed E-state index contributed by atoms with van der Waals surface area (Å²) >= 11 is 6.40. The maximum Gasteiger partial charge on any atom is 0.344 e. The molecule has 4 aromatic rings. The number of amides is 1. The number of rotatable bonds is 7. The van der Waals surface area contributed by atoms with Crippen LogP contribution in [-0.4, -0.2) is 97.0 Å². The molecule has 2 aliphatic heterocycles. The highest BCUT2D eigenvalue weighted by atomic mass is 35.5. The van der Waals surface area contributed by atoms with Gasteiger partial charge >= 0.3 is 5.69 Å². The Bertz CT molecular complexity index is 1810. The van der Waals surface area contributed by atoms with E-state index in [0.29, 0.717) is 35.5 Å². The number of hydrogen-bond donors (Lipinski definition) is 0. The van der Waals surface area contributed by atoms with Crippen LogP contribution in [-0.2, 0) is 14.8 Å². The molecule has 2 saturated heterocycles. The molecule has 0 N–H and O–H groups in total. The minimum absolute atomic E-state index is 0.0806. The van der Waals surface area contributed by atoms with E-state index in [0.717, 1.165) is 43.0 Å². The van der Waals surface area contributed by atoms with E-state index in [1.54, 1.807) is 30.3 Å². The number of carbonyl (C=O) groups is 1. The molecule has 10 nitrogen and oxygen atoms in total. The zero-order chi connectivity index (χ0) is 31.0. The molecule has 0 saturated carbocycles. The summed E-state index contributed by atoms with van der Waals surface area (Å²) in [6, 6.07) is 18.8. The summed E-state index contributed by atoms with van der Waals surface area (Å²) < 4.78 is 35.2. The van der Waals surface area contributed by atoms with E-state index in [2.05, 4.69) is 16.8 Å². The summed E-state index contributed by atoms with van der Waals surface area (Å²) in [5.74, 6) is 0.229. The summed E-state index contributed by atoms with van der Waals surface area (Å²) in [6.07, 6.45) is 1.68. The number of carbonyl (C=O) groups excluding carboxylic acids is 1. The number of piperidine rings is 1. The lowest BCUT2D eigenvalue weighted by Crippen LogP contribution is -2.53. The van der Waals surface area contributed by atoms with Crippen molar-refractivity contribution in [3.8, 4) is 5.75 Å². The SMILES string of the molecule is COc1ccc(S(=O)(=O)n2c(=O)n(C(C(=O)N3CCC(N4CCN(C)CC4)CC3)c3ccccc3)c3cc(Cl)ccc32)cc1. The summed E-state index contributed by atoms with van der Waals surface area (Å²) in [7, 11) is -0.730. The number of nitrogens with zero attached hydrogens (tertiary/aromatic N) is 5. The molecule has 1 unspecified atom stereocenters. The van der Waals surface area contributed by atoms with E-state index in [4.69, 9.17) is 16.3 Å². The topological polar surface area (TPSA) is 97.1 Å². The maximum atomic E-state index is 14.4. The molecule has 0 bridgehead atoms. The fourth-order valence-corrected chi connectivity index (χ4v) is 7.91. The van der Waals surface area contributed by atoms with Crippen LogP contribution in [0.1, 0.15) is 24.4 Å². The second-order valence-corrected chi connectivity index (χ2v) is 13.7. The Morgan fingerprint density at radius 2 is 1.55 bits per heavy atom. The fraction of sp³-hybridized carbons (Fsp3) is 0.375. The van der Waals surface area contributed by atoms with Crippen LogP contribution in [0.15, 0.2) is 82.5 Å². The van der Waals surface area contributed by atoms with Crippen molar-refractivity contribution < 1.29 is 17.9 Å². The summed E-state index contributed by atoms with van der Waals surface area (Å²) in [5.41, 5.74) is 0.140. The third-order valence-corrected chi connectivity index (χ3v) is 10.8. The van der Waals surface area contributed by atoms with Gasteiger partial charge in [0.05, 0.1) is 23.0 Å². The number of fused-ring (bicyclic) bond motifs is 1. The molecule has 12 heteroatoms. The van der Waals surface area contributed by atoms with Crippen molar-refractivity contribution in [3.05, 3.63) is 93.9 Å². The van der Waals surface area contributed by atoms with Crippen molar-refractivity contribution in [2.75, 3.05) is 53.4 Å². The van der Waals surface area contributed by atoms with Gasteiger partial charge in [-0.1, -0.05) is 41.9 Å². The summed E-state index contributed by atoms with van der Waals surface area (Å²) in [4.78, 5) is 35.3. The molecule has 6 rings (SSSR count). The van der Waals surface area contributed by atoms with Crippen LogP contribution in [0.3, 0.4) is 0 Å². The Kier molecular flexibility index (Phi) is 8.56. The number of benzene rings is 3. The normalized spacial score (nSPS) is 18.0. The molecule has 0 radical (unpaired) electrons. The van der Waals surface area contributed by atoms with Gasteiger partial charge in [-0.25, -0.2) is 13.2 Å². The largest absolute Gasteiger partial charge is 0.497 e. The second kappa shape index (κ2) is 12.4. The van der Waals surface area contributed by atoms with Crippen molar-refractivity contribution in [1.29, 1.82) is 0 Å². The van der Waals surface area contributed by atoms with Crippen LogP contribution in [0.5, 0.6) is 5.75 Å². The number of hydrogen-bond acceptors (Lipinski definition) is 7. The molecule has 3 aromatic carbocycles. The lowest BCUT2D eigenvalue weighted by molar-refractivity contribution is -0.135. The van der Waals surface area contributed by atoms with Crippen molar-refractivity contribution >= 4 is 38.6 Å². The molecule has 2 fully saturated rings. The Morgan fingerprint density at radius 3 is 2.18 bits per heavy atom. The Balaban J connectivity index is 1.42. The first-order chi connectivity index (χ1) is 21.2. The average molecular weight is 638 g/mol. The van der Waals surface area contributed by atoms with E-state index in [9.17, 15) is 18.0 Å². The first-order valence-corrected chi connectivity index (χ1v) is 16.6. The van der Waals surface area contributed by atoms with Gasteiger partial charge in [-0.05, 0) is 67.9 Å². The van der Waals surface area contributed by atoms with Gasteiger partial charge in [-0.15, -0.1) is 0 Å². The van der Waals surface area contributed by atoms with E-state index in [-0.39, 0.29) is 21.8 Å². The monoisotopic (exact) mass is 637 g/mol. The molecule has 44 heavy (non-hydrogen) atoms. The zero-order valence-electron chi connectivity index (χ0n) is 24.8. The molecule has 232 valence electrons. The quantitative estimate of drug-likeness (QED) is 0.306. The lowest BCUT2D eigenvalue weighted by atomic mass is 9.99. The molecule has 1 amide bonds. The van der Waals surface area contributed by atoms with Gasteiger partial charge in [0.1, 0.15) is 11.8 Å². The molecule has 1 atom stereocenters. The average Bonchev–Trinajstić information content (AvgIpc) is 3.33. The van der Waals surface area contributed by atoms with Gasteiger partial charge in [-0.2, -0.15) is 3.97 Å². The van der Waals surface area contributed by atoms with Crippen LogP contribution in [0.4, 0.5) is 0 Å². The highest BCUT2D eigenvalue weighted by Crippen LogP contribution is 2.30. The number of likely N-dealkylation sites (N-methyl/N-ethyl adjacent to an activating group) is 1. The summed E-state index contributed by atoms with van der Waals surface area (Å²) in [6.45, 7) is 5.20. The zero-order valence-corrected chi connectivity index (χ0v) is 26.4. The van der Waals surface area contributed by atoms with Crippen molar-refractivity contribution in [2.45, 2.75) is 29.8 Å². The van der Waals surface area contributed by atoms with E-state index in [1.165, 1.54) is 48.1 Å². The third-order valence-electron chi connectivity index (χ3n) is 8.83. The Hall–Kier alpha value is -3.64. The van der Waals surface area contributed by atoms with Crippen LogP contribution >= 0.6 is 11.6 Å². The lowest BCUT2D eigenvalue weighted by Gasteiger charge is -2.42. The maximum absolute atomic E-state index is 14.4. The number of methoxy groups -OCH3 is 1. The minimum Gasteiger partial charge on any atom is -0.497 e. The molecule has 1 aromatic heterocycles. The predicted molar refractivity (Wildman–Crippen MR) is 170 cm³/mol. The summed E-state index contributed by atoms with van der Waals surface area (Å²) in [5, 5.41) is 0.317. The first kappa shape index (κ1) is 30.4. The number of imidazole rings is 1. The fourth-order valence-electron chi connectivity index (χ4n) is 6.35. The third kappa shape index (κ3) is 5.65. The van der Waals surface area contributed by atoms with Crippen molar-refractivity contribution in [2.24, 2.45) is 0 Å². The molecule has 2 aliphatic rings. The van der Waals surface area contributed by atoms with Gasteiger partial charge in [0.2, 0.25) is 5.91 Å². The van der Waals surface area contributed by atoms with Crippen molar-refractivity contribution in [3.63, 3.8) is 0 Å². The Morgan fingerprint density at radius 1 is 0.886 bits per heavy atom. The molecular weight excluding hydrogens is 602 g/mol. The predicted octanol–water partition coefficient (Wildman–Crippen LogP) is 3.53. The van der Waals surface area contributed by atoms with Crippen LogP contribution < -0.4 is 10.4 Å². The number of ether oxygens (including phenoxy) is 1. The smallest absolute Gasteiger partial charge is 0.344 e. The van der Waals surface area contributed by atoms with Gasteiger partial charge in [0.25, 0.3) is 10.0 Å². The Labute approximate surface area is 262 Å². The van der Waals surface area contributed by atoms with Crippen molar-refractivity contribution in [1.82, 2.24) is 23.2 Å². The van der Waals surface area contributed by atoms with E-state index in [1.807, 2.05) is 11.0 Å². The van der Waals surface area contributed by atoms with Gasteiger partial charge in [-0.3, -0.25) is 14.3 Å². The standard InChI is InChI=1S/C32H36ClN5O5S/c1-34-18-20-35(21-19-34)25-14-16-36(17-15-25)31(39)30(23-6-4-3-5-7-23)37-29-22-24(33)8-13-28(29)38(32(37)40)44(41,42)27-11-9-26(43-2)10-12-27/h3-13,22,25,30H,14-21H2,1-2H3. The minimum atomic E-state index is -4.35. The number of likely N-dealkylation sites (tertiary alicyclic amines) is 1. The molecule has 0 aliphatic carbocycles. The molecule has 0 spiro atoms. The highest BCUT2D eigenvalue weighted by molar-refractivity contribution is 7.90. The van der Waals surface area contributed by atoms with E-state index < -0.39 is 21.8 Å². The van der Waals surface area contributed by atoms with Gasteiger partial charge < -0.3 is 14.5 Å². The number of piperazine rings is 1. The van der Waals surface area contributed by atoms with Gasteiger partial charge in [0, 0.05) is 50.3 Å². The molecule has 3 heterocycles.